The molecule has 8 heteroatoms. The van der Waals surface area contributed by atoms with Crippen LogP contribution in [0.25, 0.3) is 11.8 Å². The molecule has 0 saturated carbocycles. The summed E-state index contributed by atoms with van der Waals surface area (Å²) in [5, 5.41) is 5.53. The Hall–Kier alpha value is -3.94. The average molecular weight is 406 g/mol. The molecule has 0 unspecified atom stereocenters. The van der Waals surface area contributed by atoms with Gasteiger partial charge in [0.25, 0.3) is 11.5 Å². The van der Waals surface area contributed by atoms with E-state index in [2.05, 4.69) is 10.4 Å². The lowest BCUT2D eigenvalue weighted by atomic mass is 10.1. The van der Waals surface area contributed by atoms with E-state index in [1.165, 1.54) is 29.0 Å². The summed E-state index contributed by atoms with van der Waals surface area (Å²) in [6, 6.07) is 14.3. The fraction of sp³-hybridized carbons (Fsp3) is 0.136. The SMILES string of the molecule is CCc1[nH]n(-c2ccccc2)c(=O)c1/C=C1\NC(=O)N(Cc2ccccc2F)C1=O. The van der Waals surface area contributed by atoms with Crippen LogP contribution in [0.3, 0.4) is 0 Å². The van der Waals surface area contributed by atoms with Crippen molar-refractivity contribution in [3.8, 4) is 5.69 Å². The average Bonchev–Trinajstić information content (AvgIpc) is 3.21. The number of nitrogens with one attached hydrogen (secondary N) is 2. The van der Waals surface area contributed by atoms with Crippen molar-refractivity contribution in [3.63, 3.8) is 0 Å². The van der Waals surface area contributed by atoms with Gasteiger partial charge in [0.1, 0.15) is 11.5 Å². The van der Waals surface area contributed by atoms with Crippen LogP contribution in [0.5, 0.6) is 0 Å². The molecule has 0 radical (unpaired) electrons. The Morgan fingerprint density at radius 2 is 1.70 bits per heavy atom. The normalized spacial score (nSPS) is 15.1. The molecule has 7 nitrogen and oxygen atoms in total. The summed E-state index contributed by atoms with van der Waals surface area (Å²) < 4.78 is 15.3. The number of imide groups is 1. The summed E-state index contributed by atoms with van der Waals surface area (Å²) in [4.78, 5) is 38.9. The van der Waals surface area contributed by atoms with Gasteiger partial charge in [-0.2, -0.15) is 0 Å². The number of halogens is 1. The van der Waals surface area contributed by atoms with Crippen molar-refractivity contribution in [1.29, 1.82) is 0 Å². The van der Waals surface area contributed by atoms with Crippen molar-refractivity contribution in [2.75, 3.05) is 0 Å². The molecule has 3 aromatic rings. The number of aromatic amines is 1. The predicted octanol–water partition coefficient (Wildman–Crippen LogP) is 2.96. The number of hydrogen-bond acceptors (Lipinski definition) is 3. The van der Waals surface area contributed by atoms with Gasteiger partial charge in [-0.05, 0) is 30.7 Å². The molecule has 1 saturated heterocycles. The van der Waals surface area contributed by atoms with E-state index in [1.807, 2.05) is 25.1 Å². The van der Waals surface area contributed by atoms with Gasteiger partial charge in [0.15, 0.2) is 0 Å². The van der Waals surface area contributed by atoms with E-state index in [9.17, 15) is 18.8 Å². The van der Waals surface area contributed by atoms with E-state index < -0.39 is 17.8 Å². The zero-order valence-corrected chi connectivity index (χ0v) is 16.2. The van der Waals surface area contributed by atoms with Crippen LogP contribution in [-0.4, -0.2) is 26.6 Å². The quantitative estimate of drug-likeness (QED) is 0.505. The molecule has 1 aliphatic heterocycles. The topological polar surface area (TPSA) is 87.2 Å². The van der Waals surface area contributed by atoms with Crippen LogP contribution in [-0.2, 0) is 17.8 Å². The number of H-pyrrole nitrogens is 1. The molecular formula is C22H19FN4O3. The molecule has 1 aliphatic rings. The third kappa shape index (κ3) is 3.43. The lowest BCUT2D eigenvalue weighted by Crippen LogP contribution is -2.30. The van der Waals surface area contributed by atoms with Gasteiger partial charge in [-0.1, -0.05) is 43.3 Å². The van der Waals surface area contributed by atoms with Gasteiger partial charge in [0.05, 0.1) is 17.8 Å². The van der Waals surface area contributed by atoms with Crippen LogP contribution in [0.1, 0.15) is 23.7 Å². The second kappa shape index (κ2) is 7.82. The summed E-state index contributed by atoms with van der Waals surface area (Å²) >= 11 is 0. The molecule has 3 amide bonds. The van der Waals surface area contributed by atoms with Crippen molar-refractivity contribution in [2.24, 2.45) is 0 Å². The number of aromatic nitrogens is 2. The Labute approximate surface area is 171 Å². The summed E-state index contributed by atoms with van der Waals surface area (Å²) in [5.74, 6) is -1.11. The number of amides is 3. The van der Waals surface area contributed by atoms with Gasteiger partial charge in [-0.3, -0.25) is 19.6 Å². The number of nitrogens with zero attached hydrogens (tertiary/aromatic N) is 2. The highest BCUT2D eigenvalue weighted by molar-refractivity contribution is 6.13. The van der Waals surface area contributed by atoms with Gasteiger partial charge in [-0.25, -0.2) is 13.9 Å². The minimum atomic E-state index is -0.661. The molecule has 0 spiro atoms. The smallest absolute Gasteiger partial charge is 0.303 e. The number of hydrogen-bond donors (Lipinski definition) is 2. The maximum Gasteiger partial charge on any atom is 0.329 e. The van der Waals surface area contributed by atoms with E-state index in [1.54, 1.807) is 18.2 Å². The van der Waals surface area contributed by atoms with E-state index in [0.29, 0.717) is 17.8 Å². The van der Waals surface area contributed by atoms with Crippen molar-refractivity contribution in [1.82, 2.24) is 20.0 Å². The van der Waals surface area contributed by atoms with Crippen molar-refractivity contribution >= 4 is 18.0 Å². The number of carbonyl (C=O) groups is 2. The van der Waals surface area contributed by atoms with E-state index in [0.717, 1.165) is 4.90 Å². The Kier molecular flexibility index (Phi) is 5.05. The molecule has 4 rings (SSSR count). The first kappa shape index (κ1) is 19.4. The van der Waals surface area contributed by atoms with Crippen LogP contribution in [0.15, 0.2) is 65.1 Å². The fourth-order valence-electron chi connectivity index (χ4n) is 3.33. The van der Waals surface area contributed by atoms with Crippen molar-refractivity contribution < 1.29 is 14.0 Å². The fourth-order valence-corrected chi connectivity index (χ4v) is 3.33. The third-order valence-corrected chi connectivity index (χ3v) is 4.91. The first-order chi connectivity index (χ1) is 14.5. The molecule has 0 atom stereocenters. The Morgan fingerprint density at radius 3 is 2.40 bits per heavy atom. The molecule has 1 aromatic heterocycles. The van der Waals surface area contributed by atoms with Crippen molar-refractivity contribution in [3.05, 3.63) is 93.3 Å². The number of aryl methyl sites for hydroxylation is 1. The van der Waals surface area contributed by atoms with Crippen LogP contribution in [0, 0.1) is 5.82 Å². The van der Waals surface area contributed by atoms with Gasteiger partial charge in [0, 0.05) is 11.3 Å². The number of urea groups is 1. The highest BCUT2D eigenvalue weighted by Gasteiger charge is 2.34. The van der Waals surface area contributed by atoms with Crippen LogP contribution < -0.4 is 10.9 Å². The van der Waals surface area contributed by atoms with Crippen LogP contribution >= 0.6 is 0 Å². The molecule has 2 N–H and O–H groups in total. The molecule has 30 heavy (non-hydrogen) atoms. The lowest BCUT2D eigenvalue weighted by molar-refractivity contribution is -0.123. The Bertz CT molecular complexity index is 1210. The van der Waals surface area contributed by atoms with Crippen LogP contribution in [0.4, 0.5) is 9.18 Å². The lowest BCUT2D eigenvalue weighted by Gasteiger charge is -2.12. The predicted molar refractivity (Wildman–Crippen MR) is 109 cm³/mol. The highest BCUT2D eigenvalue weighted by atomic mass is 19.1. The first-order valence-corrected chi connectivity index (χ1v) is 9.47. The monoisotopic (exact) mass is 406 g/mol. The number of para-hydroxylation sites is 1. The standard InChI is InChI=1S/C22H19FN4O3/c1-2-18-16(20(28)27(25-18)15-9-4-3-5-10-15)12-19-21(29)26(22(30)24-19)13-14-8-6-7-11-17(14)23/h3-12,25H,2,13H2,1H3,(H,24,30)/b19-12-. The molecule has 152 valence electrons. The summed E-state index contributed by atoms with van der Waals surface area (Å²) in [7, 11) is 0. The van der Waals surface area contributed by atoms with Crippen LogP contribution in [0.2, 0.25) is 0 Å². The van der Waals surface area contributed by atoms with Gasteiger partial charge in [-0.15, -0.1) is 0 Å². The Balaban J connectivity index is 1.68. The number of benzene rings is 2. The van der Waals surface area contributed by atoms with E-state index >= 15 is 0 Å². The second-order valence-corrected chi connectivity index (χ2v) is 6.80. The molecule has 2 heterocycles. The number of rotatable bonds is 5. The summed E-state index contributed by atoms with van der Waals surface area (Å²) in [6.45, 7) is 1.68. The highest BCUT2D eigenvalue weighted by Crippen LogP contribution is 2.19. The minimum absolute atomic E-state index is 0.0256. The molecular weight excluding hydrogens is 387 g/mol. The largest absolute Gasteiger partial charge is 0.329 e. The van der Waals surface area contributed by atoms with E-state index in [-0.39, 0.29) is 28.9 Å². The molecule has 1 fully saturated rings. The number of carbonyl (C=O) groups excluding carboxylic acids is 2. The Morgan fingerprint density at radius 1 is 1.00 bits per heavy atom. The van der Waals surface area contributed by atoms with Crippen molar-refractivity contribution in [2.45, 2.75) is 19.9 Å². The summed E-state index contributed by atoms with van der Waals surface area (Å²) in [5.41, 5.74) is 1.44. The molecule has 0 aliphatic carbocycles. The van der Waals surface area contributed by atoms with Gasteiger partial charge >= 0.3 is 6.03 Å². The zero-order valence-electron chi connectivity index (χ0n) is 16.2. The molecule has 2 aromatic carbocycles. The van der Waals surface area contributed by atoms with Gasteiger partial charge < -0.3 is 5.32 Å². The van der Waals surface area contributed by atoms with Gasteiger partial charge in [0.2, 0.25) is 0 Å². The van der Waals surface area contributed by atoms with E-state index in [4.69, 9.17) is 0 Å². The zero-order chi connectivity index (χ0) is 21.3. The minimum Gasteiger partial charge on any atom is -0.303 e. The second-order valence-electron chi connectivity index (χ2n) is 6.80. The molecule has 0 bridgehead atoms. The summed E-state index contributed by atoms with van der Waals surface area (Å²) in [6.07, 6.45) is 1.90. The third-order valence-electron chi connectivity index (χ3n) is 4.91. The maximum atomic E-state index is 13.9. The maximum absolute atomic E-state index is 13.9. The first-order valence-electron chi connectivity index (χ1n) is 9.47.